The maximum atomic E-state index is 5.62. The van der Waals surface area contributed by atoms with Crippen LogP contribution in [-0.2, 0) is 6.54 Å². The van der Waals surface area contributed by atoms with Crippen LogP contribution < -0.4 is 20.5 Å². The first kappa shape index (κ1) is 15.8. The number of methoxy groups -OCH3 is 2. The number of nitrogens with one attached hydrogen (secondary N) is 1. The van der Waals surface area contributed by atoms with E-state index in [-0.39, 0.29) is 5.54 Å². The smallest absolute Gasteiger partial charge is 0.129 e. The molecule has 19 heavy (non-hydrogen) atoms. The van der Waals surface area contributed by atoms with Crippen LogP contribution in [0.1, 0.15) is 31.4 Å². The van der Waals surface area contributed by atoms with Gasteiger partial charge in [0.05, 0.1) is 14.2 Å². The summed E-state index contributed by atoms with van der Waals surface area (Å²) in [5.74, 6) is 1.73. The zero-order valence-electron chi connectivity index (χ0n) is 12.7. The third-order valence-electron chi connectivity index (χ3n) is 3.39. The molecule has 1 rings (SSSR count). The van der Waals surface area contributed by atoms with Crippen LogP contribution >= 0.6 is 0 Å². The molecule has 0 fully saturated rings. The van der Waals surface area contributed by atoms with Gasteiger partial charge < -0.3 is 20.5 Å². The summed E-state index contributed by atoms with van der Waals surface area (Å²) in [6, 6.07) is 4.01. The third-order valence-corrected chi connectivity index (χ3v) is 3.39. The lowest BCUT2D eigenvalue weighted by atomic mass is 10.00. The summed E-state index contributed by atoms with van der Waals surface area (Å²) in [5.41, 5.74) is 7.80. The fraction of sp³-hybridized carbons (Fsp3) is 0.600. The van der Waals surface area contributed by atoms with Crippen molar-refractivity contribution in [2.75, 3.05) is 20.8 Å². The van der Waals surface area contributed by atoms with Crippen LogP contribution in [0.2, 0.25) is 0 Å². The molecule has 0 heterocycles. The van der Waals surface area contributed by atoms with Crippen molar-refractivity contribution in [3.63, 3.8) is 0 Å². The average Bonchev–Trinajstić information content (AvgIpc) is 2.36. The van der Waals surface area contributed by atoms with Crippen molar-refractivity contribution in [1.82, 2.24) is 5.32 Å². The molecule has 0 unspecified atom stereocenters. The van der Waals surface area contributed by atoms with Crippen LogP contribution in [0.5, 0.6) is 11.5 Å². The van der Waals surface area contributed by atoms with E-state index in [1.54, 1.807) is 14.2 Å². The lowest BCUT2D eigenvalue weighted by Gasteiger charge is -2.26. The molecule has 0 aliphatic carbocycles. The molecule has 0 saturated heterocycles. The predicted octanol–water partition coefficient (Wildman–Crippen LogP) is 2.23. The van der Waals surface area contributed by atoms with Crippen LogP contribution in [0.3, 0.4) is 0 Å². The van der Waals surface area contributed by atoms with Crippen LogP contribution in [0.4, 0.5) is 0 Å². The normalized spacial score (nSPS) is 11.5. The van der Waals surface area contributed by atoms with E-state index in [1.807, 2.05) is 19.1 Å². The van der Waals surface area contributed by atoms with Crippen molar-refractivity contribution < 1.29 is 9.47 Å². The van der Waals surface area contributed by atoms with Crippen molar-refractivity contribution in [2.24, 2.45) is 5.73 Å². The highest BCUT2D eigenvalue weighted by Gasteiger charge is 2.17. The number of benzene rings is 1. The Kier molecular flexibility index (Phi) is 5.63. The first-order valence-electron chi connectivity index (χ1n) is 6.60. The lowest BCUT2D eigenvalue weighted by molar-refractivity contribution is 0.353. The second-order valence-corrected chi connectivity index (χ2v) is 5.36. The number of hydrogen-bond acceptors (Lipinski definition) is 4. The van der Waals surface area contributed by atoms with Gasteiger partial charge in [-0.05, 0) is 39.8 Å². The van der Waals surface area contributed by atoms with Gasteiger partial charge in [0.15, 0.2) is 0 Å². The molecular weight excluding hydrogens is 240 g/mol. The maximum absolute atomic E-state index is 5.62. The molecule has 108 valence electrons. The van der Waals surface area contributed by atoms with Gasteiger partial charge in [-0.25, -0.2) is 0 Å². The Morgan fingerprint density at radius 3 is 2.42 bits per heavy atom. The zero-order chi connectivity index (χ0) is 14.5. The fourth-order valence-electron chi connectivity index (χ4n) is 2.16. The summed E-state index contributed by atoms with van der Waals surface area (Å²) in [7, 11) is 3.36. The summed E-state index contributed by atoms with van der Waals surface area (Å²) in [4.78, 5) is 0. The fourth-order valence-corrected chi connectivity index (χ4v) is 2.16. The molecule has 0 aliphatic rings. The highest BCUT2D eigenvalue weighted by atomic mass is 16.5. The topological polar surface area (TPSA) is 56.5 Å². The molecule has 0 amide bonds. The summed E-state index contributed by atoms with van der Waals surface area (Å²) < 4.78 is 10.8. The summed E-state index contributed by atoms with van der Waals surface area (Å²) >= 11 is 0. The van der Waals surface area contributed by atoms with Crippen LogP contribution in [0, 0.1) is 6.92 Å². The van der Waals surface area contributed by atoms with Gasteiger partial charge in [0.25, 0.3) is 0 Å². The number of hydrogen-bond donors (Lipinski definition) is 2. The molecule has 0 spiro atoms. The van der Waals surface area contributed by atoms with E-state index in [2.05, 4.69) is 19.2 Å². The first-order chi connectivity index (χ1) is 8.95. The van der Waals surface area contributed by atoms with E-state index >= 15 is 0 Å². The zero-order valence-corrected chi connectivity index (χ0v) is 12.7. The Morgan fingerprint density at radius 1 is 1.21 bits per heavy atom. The Bertz CT molecular complexity index is 417. The average molecular weight is 266 g/mol. The van der Waals surface area contributed by atoms with Crippen molar-refractivity contribution in [3.8, 4) is 11.5 Å². The largest absolute Gasteiger partial charge is 0.496 e. The van der Waals surface area contributed by atoms with Crippen molar-refractivity contribution in [2.45, 2.75) is 39.3 Å². The van der Waals surface area contributed by atoms with E-state index in [0.29, 0.717) is 6.54 Å². The molecule has 4 heteroatoms. The van der Waals surface area contributed by atoms with Gasteiger partial charge in [0.1, 0.15) is 11.5 Å². The van der Waals surface area contributed by atoms with Crippen LogP contribution in [0.15, 0.2) is 12.1 Å². The standard InChI is InChI=1S/C15H26N2O2/c1-11-13(18-4)7-6-12(14(11)19-5)10-17-15(2,3)8-9-16/h6-7,17H,8-10,16H2,1-5H3. The van der Waals surface area contributed by atoms with Gasteiger partial charge in [-0.1, -0.05) is 6.07 Å². The van der Waals surface area contributed by atoms with Crippen molar-refractivity contribution in [3.05, 3.63) is 23.3 Å². The maximum Gasteiger partial charge on any atom is 0.129 e. The molecule has 0 atom stereocenters. The molecule has 0 aliphatic heterocycles. The van der Waals surface area contributed by atoms with Gasteiger partial charge >= 0.3 is 0 Å². The summed E-state index contributed by atoms with van der Waals surface area (Å²) in [5, 5.41) is 3.51. The molecule has 0 radical (unpaired) electrons. The quantitative estimate of drug-likeness (QED) is 0.794. The van der Waals surface area contributed by atoms with Crippen LogP contribution in [0.25, 0.3) is 0 Å². The lowest BCUT2D eigenvalue weighted by Crippen LogP contribution is -2.40. The minimum atomic E-state index is 0.0214. The van der Waals surface area contributed by atoms with E-state index < -0.39 is 0 Å². The number of rotatable bonds is 7. The molecule has 3 N–H and O–H groups in total. The Hall–Kier alpha value is -1.26. The minimum absolute atomic E-state index is 0.0214. The van der Waals surface area contributed by atoms with Crippen molar-refractivity contribution >= 4 is 0 Å². The highest BCUT2D eigenvalue weighted by Crippen LogP contribution is 2.31. The number of nitrogens with two attached hydrogens (primary N) is 1. The van der Waals surface area contributed by atoms with Gasteiger partial charge in [-0.2, -0.15) is 0 Å². The monoisotopic (exact) mass is 266 g/mol. The van der Waals surface area contributed by atoms with Crippen LogP contribution in [-0.4, -0.2) is 26.3 Å². The molecule has 1 aromatic rings. The van der Waals surface area contributed by atoms with Gasteiger partial charge in [0.2, 0.25) is 0 Å². The third kappa shape index (κ3) is 4.11. The van der Waals surface area contributed by atoms with E-state index in [9.17, 15) is 0 Å². The van der Waals surface area contributed by atoms with E-state index in [0.717, 1.165) is 35.6 Å². The van der Waals surface area contributed by atoms with E-state index in [1.165, 1.54) is 0 Å². The summed E-state index contributed by atoms with van der Waals surface area (Å²) in [6.45, 7) is 7.75. The van der Waals surface area contributed by atoms with Gasteiger partial charge in [0, 0.05) is 23.2 Å². The minimum Gasteiger partial charge on any atom is -0.496 e. The molecule has 0 aromatic heterocycles. The second-order valence-electron chi connectivity index (χ2n) is 5.36. The Labute approximate surface area is 116 Å². The molecule has 0 bridgehead atoms. The SMILES string of the molecule is COc1ccc(CNC(C)(C)CCN)c(OC)c1C. The Balaban J connectivity index is 2.87. The predicted molar refractivity (Wildman–Crippen MR) is 78.9 cm³/mol. The van der Waals surface area contributed by atoms with Crippen molar-refractivity contribution in [1.29, 1.82) is 0 Å². The molecule has 0 saturated carbocycles. The Morgan fingerprint density at radius 2 is 1.89 bits per heavy atom. The second kappa shape index (κ2) is 6.78. The van der Waals surface area contributed by atoms with E-state index in [4.69, 9.17) is 15.2 Å². The molecular formula is C15H26N2O2. The molecule has 4 nitrogen and oxygen atoms in total. The molecule has 1 aromatic carbocycles. The van der Waals surface area contributed by atoms with Gasteiger partial charge in [-0.15, -0.1) is 0 Å². The number of ether oxygens (including phenoxy) is 2. The van der Waals surface area contributed by atoms with Gasteiger partial charge in [-0.3, -0.25) is 0 Å². The highest BCUT2D eigenvalue weighted by molar-refractivity contribution is 5.49. The first-order valence-corrected chi connectivity index (χ1v) is 6.60. The summed E-state index contributed by atoms with van der Waals surface area (Å²) in [6.07, 6.45) is 0.935.